The van der Waals surface area contributed by atoms with Crippen LogP contribution in [0.15, 0.2) is 65.7 Å². The highest BCUT2D eigenvalue weighted by molar-refractivity contribution is 14.0. The third kappa shape index (κ3) is 6.21. The minimum Gasteiger partial charge on any atom is -0.381 e. The number of benzene rings is 2. The average Bonchev–Trinajstić information content (AvgIpc) is 2.72. The predicted octanol–water partition coefficient (Wildman–Crippen LogP) is 4.11. The summed E-state index contributed by atoms with van der Waals surface area (Å²) in [7, 11) is 0. The van der Waals surface area contributed by atoms with Crippen LogP contribution in [0.25, 0.3) is 0 Å². The Morgan fingerprint density at radius 3 is 2.22 bits per heavy atom. The van der Waals surface area contributed by atoms with Crippen molar-refractivity contribution in [2.45, 2.75) is 31.7 Å². The van der Waals surface area contributed by atoms with Gasteiger partial charge in [0.25, 0.3) is 0 Å². The summed E-state index contributed by atoms with van der Waals surface area (Å²) in [5.41, 5.74) is 2.70. The Labute approximate surface area is 179 Å². The van der Waals surface area contributed by atoms with Crippen molar-refractivity contribution < 1.29 is 4.74 Å². The van der Waals surface area contributed by atoms with Crippen molar-refractivity contribution in [1.29, 1.82) is 0 Å². The zero-order valence-corrected chi connectivity index (χ0v) is 18.3. The zero-order valence-electron chi connectivity index (χ0n) is 16.0. The number of ether oxygens (including phenoxy) is 1. The van der Waals surface area contributed by atoms with Crippen molar-refractivity contribution in [3.05, 3.63) is 71.8 Å². The lowest BCUT2D eigenvalue weighted by atomic mass is 9.74. The molecule has 0 radical (unpaired) electrons. The summed E-state index contributed by atoms with van der Waals surface area (Å²) in [5.74, 6) is 0.873. The fourth-order valence-corrected chi connectivity index (χ4v) is 3.47. The number of guanidine groups is 1. The third-order valence-corrected chi connectivity index (χ3v) is 5.04. The van der Waals surface area contributed by atoms with E-state index in [1.54, 1.807) is 0 Å². The number of nitrogens with one attached hydrogen (secondary N) is 2. The number of nitrogens with zero attached hydrogens (tertiary/aromatic N) is 1. The molecule has 1 aliphatic rings. The van der Waals surface area contributed by atoms with Crippen molar-refractivity contribution in [2.24, 2.45) is 4.99 Å². The van der Waals surface area contributed by atoms with E-state index in [0.717, 1.165) is 45.1 Å². The SMILES string of the molecule is CCNC(=NCc1ccccc1)NCC1(c2ccccc2)CCOCC1.I. The molecule has 2 aromatic rings. The summed E-state index contributed by atoms with van der Waals surface area (Å²) < 4.78 is 5.63. The molecule has 0 saturated carbocycles. The first kappa shape index (κ1) is 21.7. The van der Waals surface area contributed by atoms with Crippen LogP contribution in [-0.4, -0.2) is 32.3 Å². The largest absolute Gasteiger partial charge is 0.381 e. The lowest BCUT2D eigenvalue weighted by Gasteiger charge is -2.38. The minimum atomic E-state index is 0. The van der Waals surface area contributed by atoms with Crippen molar-refractivity contribution >= 4 is 29.9 Å². The van der Waals surface area contributed by atoms with Gasteiger partial charge >= 0.3 is 0 Å². The minimum absolute atomic E-state index is 0. The third-order valence-electron chi connectivity index (χ3n) is 5.04. The second-order valence-corrected chi connectivity index (χ2v) is 6.79. The molecule has 27 heavy (non-hydrogen) atoms. The lowest BCUT2D eigenvalue weighted by Crippen LogP contribution is -2.48. The molecule has 5 heteroatoms. The second-order valence-electron chi connectivity index (χ2n) is 6.79. The molecule has 146 valence electrons. The summed E-state index contributed by atoms with van der Waals surface area (Å²) in [6.45, 7) is 6.12. The Balaban J connectivity index is 0.00000261. The Morgan fingerprint density at radius 1 is 0.963 bits per heavy atom. The Kier molecular flexibility index (Phi) is 9.07. The van der Waals surface area contributed by atoms with Gasteiger partial charge in [-0.3, -0.25) is 0 Å². The molecule has 1 aliphatic heterocycles. The maximum atomic E-state index is 5.63. The number of hydrogen-bond donors (Lipinski definition) is 2. The van der Waals surface area contributed by atoms with Gasteiger partial charge in [-0.1, -0.05) is 60.7 Å². The van der Waals surface area contributed by atoms with E-state index in [2.05, 4.69) is 72.2 Å². The Morgan fingerprint density at radius 2 is 1.59 bits per heavy atom. The van der Waals surface area contributed by atoms with E-state index >= 15 is 0 Å². The Bertz CT molecular complexity index is 685. The summed E-state index contributed by atoms with van der Waals surface area (Å²) >= 11 is 0. The van der Waals surface area contributed by atoms with E-state index in [1.807, 2.05) is 6.07 Å². The van der Waals surface area contributed by atoms with E-state index < -0.39 is 0 Å². The maximum absolute atomic E-state index is 5.63. The van der Waals surface area contributed by atoms with E-state index in [9.17, 15) is 0 Å². The van der Waals surface area contributed by atoms with Crippen LogP contribution in [0.2, 0.25) is 0 Å². The molecule has 1 saturated heterocycles. The molecule has 0 atom stereocenters. The highest BCUT2D eigenvalue weighted by atomic mass is 127. The van der Waals surface area contributed by atoms with Gasteiger partial charge in [-0.2, -0.15) is 0 Å². The van der Waals surface area contributed by atoms with Gasteiger partial charge in [-0.05, 0) is 30.9 Å². The molecule has 0 amide bonds. The van der Waals surface area contributed by atoms with Crippen LogP contribution in [0.3, 0.4) is 0 Å². The van der Waals surface area contributed by atoms with E-state index in [-0.39, 0.29) is 29.4 Å². The molecule has 4 nitrogen and oxygen atoms in total. The van der Waals surface area contributed by atoms with Crippen LogP contribution >= 0.6 is 24.0 Å². The second kappa shape index (κ2) is 11.3. The molecule has 3 rings (SSSR count). The van der Waals surface area contributed by atoms with Crippen LogP contribution in [0.1, 0.15) is 30.9 Å². The normalized spacial score (nSPS) is 16.3. The molecule has 0 aromatic heterocycles. The van der Waals surface area contributed by atoms with E-state index in [4.69, 9.17) is 9.73 Å². The molecule has 0 bridgehead atoms. The monoisotopic (exact) mass is 479 g/mol. The summed E-state index contributed by atoms with van der Waals surface area (Å²) in [4.78, 5) is 4.76. The number of aliphatic imine (C=N–C) groups is 1. The number of rotatable bonds is 6. The molecule has 1 fully saturated rings. The summed E-state index contributed by atoms with van der Waals surface area (Å²) in [5, 5.41) is 6.95. The first-order valence-electron chi connectivity index (χ1n) is 9.52. The smallest absolute Gasteiger partial charge is 0.191 e. The molecular weight excluding hydrogens is 449 g/mol. The van der Waals surface area contributed by atoms with Gasteiger partial charge in [0.1, 0.15) is 0 Å². The van der Waals surface area contributed by atoms with Gasteiger partial charge in [0.05, 0.1) is 6.54 Å². The number of halogens is 1. The molecule has 0 unspecified atom stereocenters. The van der Waals surface area contributed by atoms with Gasteiger partial charge in [0, 0.05) is 31.7 Å². The Hall–Kier alpha value is -1.60. The predicted molar refractivity (Wildman–Crippen MR) is 123 cm³/mol. The van der Waals surface area contributed by atoms with E-state index in [1.165, 1.54) is 11.1 Å². The van der Waals surface area contributed by atoms with Crippen LogP contribution in [0, 0.1) is 0 Å². The quantitative estimate of drug-likeness (QED) is 0.373. The van der Waals surface area contributed by atoms with Gasteiger partial charge in [0.15, 0.2) is 5.96 Å². The van der Waals surface area contributed by atoms with Crippen molar-refractivity contribution in [1.82, 2.24) is 10.6 Å². The van der Waals surface area contributed by atoms with Gasteiger partial charge < -0.3 is 15.4 Å². The van der Waals surface area contributed by atoms with Crippen LogP contribution in [0.5, 0.6) is 0 Å². The molecule has 2 aromatic carbocycles. The lowest BCUT2D eigenvalue weighted by molar-refractivity contribution is 0.0514. The van der Waals surface area contributed by atoms with Crippen molar-refractivity contribution in [3.8, 4) is 0 Å². The molecule has 0 aliphatic carbocycles. The summed E-state index contributed by atoms with van der Waals surface area (Å²) in [6.07, 6.45) is 2.06. The molecule has 0 spiro atoms. The standard InChI is InChI=1S/C22H29N3O.HI/c1-2-23-21(24-17-19-9-5-3-6-10-19)25-18-22(13-15-26-16-14-22)20-11-7-4-8-12-20;/h3-12H,2,13-18H2,1H3,(H2,23,24,25);1H. The fraction of sp³-hybridized carbons (Fsp3) is 0.409. The van der Waals surface area contributed by atoms with Gasteiger partial charge in [0.2, 0.25) is 0 Å². The zero-order chi connectivity index (χ0) is 18.1. The maximum Gasteiger partial charge on any atom is 0.191 e. The fourth-order valence-electron chi connectivity index (χ4n) is 3.47. The highest BCUT2D eigenvalue weighted by Crippen LogP contribution is 2.34. The topological polar surface area (TPSA) is 45.7 Å². The van der Waals surface area contributed by atoms with Crippen LogP contribution in [0.4, 0.5) is 0 Å². The number of hydrogen-bond acceptors (Lipinski definition) is 2. The summed E-state index contributed by atoms with van der Waals surface area (Å²) in [6, 6.07) is 21.2. The van der Waals surface area contributed by atoms with Crippen LogP contribution in [-0.2, 0) is 16.7 Å². The van der Waals surface area contributed by atoms with E-state index in [0.29, 0.717) is 6.54 Å². The first-order chi connectivity index (χ1) is 12.8. The van der Waals surface area contributed by atoms with Crippen molar-refractivity contribution in [2.75, 3.05) is 26.3 Å². The molecular formula is C22H30IN3O. The molecule has 1 heterocycles. The van der Waals surface area contributed by atoms with Gasteiger partial charge in [-0.25, -0.2) is 4.99 Å². The van der Waals surface area contributed by atoms with Gasteiger partial charge in [-0.15, -0.1) is 24.0 Å². The van der Waals surface area contributed by atoms with Crippen LogP contribution < -0.4 is 10.6 Å². The average molecular weight is 479 g/mol. The molecule has 2 N–H and O–H groups in total. The highest BCUT2D eigenvalue weighted by Gasteiger charge is 2.34. The van der Waals surface area contributed by atoms with Crippen molar-refractivity contribution in [3.63, 3.8) is 0 Å². The first-order valence-corrected chi connectivity index (χ1v) is 9.52.